The van der Waals surface area contributed by atoms with Crippen LogP contribution in [0.1, 0.15) is 41.8 Å². The molecule has 0 fully saturated rings. The maximum absolute atomic E-state index is 4.56. The van der Waals surface area contributed by atoms with Crippen molar-refractivity contribution >= 4 is 10.9 Å². The zero-order valence-corrected chi connectivity index (χ0v) is 13.6. The Balaban J connectivity index is 2.07. The van der Waals surface area contributed by atoms with E-state index in [9.17, 15) is 0 Å². The molecule has 0 saturated carbocycles. The Morgan fingerprint density at radius 1 is 0.864 bits per heavy atom. The Labute approximate surface area is 132 Å². The van der Waals surface area contributed by atoms with E-state index < -0.39 is 0 Å². The van der Waals surface area contributed by atoms with Crippen LogP contribution < -0.4 is 0 Å². The summed E-state index contributed by atoms with van der Waals surface area (Å²) in [4.78, 5) is 9.10. The third-order valence-electron chi connectivity index (χ3n) is 4.26. The molecule has 2 heterocycles. The lowest BCUT2D eigenvalue weighted by Gasteiger charge is -2.11. The van der Waals surface area contributed by atoms with Gasteiger partial charge in [-0.2, -0.15) is 0 Å². The van der Waals surface area contributed by atoms with Gasteiger partial charge in [0.2, 0.25) is 0 Å². The third-order valence-corrected chi connectivity index (χ3v) is 4.26. The van der Waals surface area contributed by atoms with Gasteiger partial charge in [0, 0.05) is 29.9 Å². The maximum Gasteiger partial charge on any atom is 0.0707 e. The van der Waals surface area contributed by atoms with E-state index in [4.69, 9.17) is 0 Å². The van der Waals surface area contributed by atoms with Crippen LogP contribution >= 0.6 is 0 Å². The second kappa shape index (κ2) is 6.27. The molecule has 0 aliphatic rings. The number of benzene rings is 1. The first-order valence-corrected chi connectivity index (χ1v) is 8.02. The fourth-order valence-electron chi connectivity index (χ4n) is 2.95. The Kier molecular flexibility index (Phi) is 4.19. The molecule has 0 amide bonds. The summed E-state index contributed by atoms with van der Waals surface area (Å²) < 4.78 is 0. The van der Waals surface area contributed by atoms with Crippen molar-refractivity contribution in [2.24, 2.45) is 0 Å². The Bertz CT molecular complexity index is 789. The molecule has 0 spiro atoms. The minimum absolute atomic E-state index is 0.855. The molecule has 0 unspecified atom stereocenters. The molecule has 0 aliphatic carbocycles. The summed E-state index contributed by atoms with van der Waals surface area (Å²) in [7, 11) is 0. The van der Waals surface area contributed by atoms with Gasteiger partial charge in [0.25, 0.3) is 0 Å². The number of pyridine rings is 2. The number of hydrogen-bond donors (Lipinski definition) is 0. The summed E-state index contributed by atoms with van der Waals surface area (Å²) in [6.07, 6.45) is 6.83. The van der Waals surface area contributed by atoms with Crippen LogP contribution in [0.2, 0.25) is 0 Å². The SMILES string of the molecule is CCc1cc2nccc(Cc3ccc(C)cn3)c2cc1CC. The second-order valence-corrected chi connectivity index (χ2v) is 5.82. The van der Waals surface area contributed by atoms with Crippen LogP contribution in [0.4, 0.5) is 0 Å². The van der Waals surface area contributed by atoms with Gasteiger partial charge in [-0.3, -0.25) is 9.97 Å². The molecular formula is C20H22N2. The highest BCUT2D eigenvalue weighted by molar-refractivity contribution is 5.84. The van der Waals surface area contributed by atoms with Gasteiger partial charge in [-0.25, -0.2) is 0 Å². The van der Waals surface area contributed by atoms with Gasteiger partial charge >= 0.3 is 0 Å². The van der Waals surface area contributed by atoms with Gasteiger partial charge in [-0.1, -0.05) is 19.9 Å². The second-order valence-electron chi connectivity index (χ2n) is 5.82. The van der Waals surface area contributed by atoms with Crippen molar-refractivity contribution in [2.45, 2.75) is 40.0 Å². The third kappa shape index (κ3) is 2.87. The van der Waals surface area contributed by atoms with E-state index in [1.807, 2.05) is 12.4 Å². The molecule has 3 rings (SSSR count). The first-order valence-electron chi connectivity index (χ1n) is 8.02. The van der Waals surface area contributed by atoms with Crippen molar-refractivity contribution in [2.75, 3.05) is 0 Å². The summed E-state index contributed by atoms with van der Waals surface area (Å²) in [6.45, 7) is 6.50. The van der Waals surface area contributed by atoms with Crippen LogP contribution in [-0.4, -0.2) is 9.97 Å². The lowest BCUT2D eigenvalue weighted by Crippen LogP contribution is -1.97. The van der Waals surface area contributed by atoms with Crippen LogP contribution in [-0.2, 0) is 19.3 Å². The zero-order chi connectivity index (χ0) is 15.5. The Hall–Kier alpha value is -2.22. The number of rotatable bonds is 4. The molecule has 112 valence electrons. The van der Waals surface area contributed by atoms with Crippen molar-refractivity contribution in [1.82, 2.24) is 9.97 Å². The monoisotopic (exact) mass is 290 g/mol. The van der Waals surface area contributed by atoms with E-state index in [2.05, 4.69) is 61.1 Å². The highest BCUT2D eigenvalue weighted by Crippen LogP contribution is 2.24. The summed E-state index contributed by atoms with van der Waals surface area (Å²) in [5.74, 6) is 0. The largest absolute Gasteiger partial charge is 0.261 e. The number of nitrogens with zero attached hydrogens (tertiary/aromatic N) is 2. The molecule has 1 aromatic carbocycles. The van der Waals surface area contributed by atoms with E-state index in [0.717, 1.165) is 30.5 Å². The summed E-state index contributed by atoms with van der Waals surface area (Å²) >= 11 is 0. The van der Waals surface area contributed by atoms with Crippen LogP contribution in [0.25, 0.3) is 10.9 Å². The van der Waals surface area contributed by atoms with E-state index in [1.165, 1.54) is 27.6 Å². The van der Waals surface area contributed by atoms with Gasteiger partial charge in [0.1, 0.15) is 0 Å². The average molecular weight is 290 g/mol. The molecule has 2 nitrogen and oxygen atoms in total. The lowest BCUT2D eigenvalue weighted by atomic mass is 9.96. The fraction of sp³-hybridized carbons (Fsp3) is 0.300. The first-order chi connectivity index (χ1) is 10.7. The summed E-state index contributed by atoms with van der Waals surface area (Å²) in [6, 6.07) is 10.9. The summed E-state index contributed by atoms with van der Waals surface area (Å²) in [5, 5.41) is 1.26. The van der Waals surface area contributed by atoms with Gasteiger partial charge < -0.3 is 0 Å². The quantitative estimate of drug-likeness (QED) is 0.698. The molecule has 2 heteroatoms. The zero-order valence-electron chi connectivity index (χ0n) is 13.6. The van der Waals surface area contributed by atoms with E-state index in [0.29, 0.717) is 0 Å². The number of fused-ring (bicyclic) bond motifs is 1. The number of aromatic nitrogens is 2. The first kappa shape index (κ1) is 14.7. The molecule has 0 aliphatic heterocycles. The molecule has 2 aromatic heterocycles. The minimum Gasteiger partial charge on any atom is -0.261 e. The normalized spacial score (nSPS) is 11.0. The highest BCUT2D eigenvalue weighted by atomic mass is 14.7. The summed E-state index contributed by atoms with van der Waals surface area (Å²) in [5.41, 5.74) is 7.55. The molecular weight excluding hydrogens is 268 g/mol. The van der Waals surface area contributed by atoms with Crippen molar-refractivity contribution in [3.05, 3.63) is 70.7 Å². The predicted molar refractivity (Wildman–Crippen MR) is 92.3 cm³/mol. The smallest absolute Gasteiger partial charge is 0.0707 e. The number of hydrogen-bond acceptors (Lipinski definition) is 2. The van der Waals surface area contributed by atoms with Crippen molar-refractivity contribution in [1.29, 1.82) is 0 Å². The standard InChI is InChI=1S/C20H22N2/c1-4-15-11-19-17(10-18-7-6-14(3)13-22-18)8-9-21-20(19)12-16(15)5-2/h6-9,11-13H,4-5,10H2,1-3H3. The Morgan fingerprint density at radius 2 is 1.64 bits per heavy atom. The molecule has 22 heavy (non-hydrogen) atoms. The fourth-order valence-corrected chi connectivity index (χ4v) is 2.95. The van der Waals surface area contributed by atoms with Crippen LogP contribution in [0, 0.1) is 6.92 Å². The van der Waals surface area contributed by atoms with Gasteiger partial charge in [0.15, 0.2) is 0 Å². The van der Waals surface area contributed by atoms with Crippen molar-refractivity contribution < 1.29 is 0 Å². The van der Waals surface area contributed by atoms with Gasteiger partial charge in [-0.15, -0.1) is 0 Å². The van der Waals surface area contributed by atoms with E-state index >= 15 is 0 Å². The van der Waals surface area contributed by atoms with Crippen molar-refractivity contribution in [3.8, 4) is 0 Å². The lowest BCUT2D eigenvalue weighted by molar-refractivity contribution is 1.04. The maximum atomic E-state index is 4.56. The molecule has 0 atom stereocenters. The van der Waals surface area contributed by atoms with Crippen LogP contribution in [0.15, 0.2) is 42.7 Å². The molecule has 0 saturated heterocycles. The van der Waals surface area contributed by atoms with Crippen LogP contribution in [0.5, 0.6) is 0 Å². The molecule has 0 radical (unpaired) electrons. The van der Waals surface area contributed by atoms with Crippen molar-refractivity contribution in [3.63, 3.8) is 0 Å². The predicted octanol–water partition coefficient (Wildman–Crippen LogP) is 4.65. The van der Waals surface area contributed by atoms with Gasteiger partial charge in [0.05, 0.1) is 5.52 Å². The average Bonchev–Trinajstić information content (AvgIpc) is 2.56. The highest BCUT2D eigenvalue weighted by Gasteiger charge is 2.08. The minimum atomic E-state index is 0.855. The molecule has 3 aromatic rings. The molecule has 0 bridgehead atoms. The number of aryl methyl sites for hydroxylation is 3. The van der Waals surface area contributed by atoms with Crippen LogP contribution in [0.3, 0.4) is 0 Å². The van der Waals surface area contributed by atoms with E-state index in [1.54, 1.807) is 0 Å². The Morgan fingerprint density at radius 3 is 2.32 bits per heavy atom. The molecule has 0 N–H and O–H groups in total. The van der Waals surface area contributed by atoms with E-state index in [-0.39, 0.29) is 0 Å². The van der Waals surface area contributed by atoms with Gasteiger partial charge in [-0.05, 0) is 66.3 Å². The topological polar surface area (TPSA) is 25.8 Å².